The first-order valence-corrected chi connectivity index (χ1v) is 9.43. The summed E-state index contributed by atoms with van der Waals surface area (Å²) in [6.45, 7) is 2.16. The van der Waals surface area contributed by atoms with Gasteiger partial charge >= 0.3 is 0 Å². The fraction of sp³-hybridized carbons (Fsp3) is 0.174. The van der Waals surface area contributed by atoms with Gasteiger partial charge in [0, 0.05) is 32.3 Å². The van der Waals surface area contributed by atoms with Crippen LogP contribution in [0.5, 0.6) is 0 Å². The second-order valence-corrected chi connectivity index (χ2v) is 6.78. The molecule has 6 heteroatoms. The second kappa shape index (κ2) is 8.31. The van der Waals surface area contributed by atoms with Crippen LogP contribution in [0.25, 0.3) is 17.4 Å². The molecule has 0 atom stereocenters. The van der Waals surface area contributed by atoms with E-state index < -0.39 is 0 Å². The van der Waals surface area contributed by atoms with Crippen molar-refractivity contribution in [2.45, 2.75) is 0 Å². The average molecular weight is 394 g/mol. The predicted molar refractivity (Wildman–Crippen MR) is 108 cm³/mol. The minimum Gasteiger partial charge on any atom is -0.457 e. The zero-order valence-electron chi connectivity index (χ0n) is 15.7. The molecule has 4 rings (SSSR count). The van der Waals surface area contributed by atoms with Crippen molar-refractivity contribution in [1.29, 1.82) is 0 Å². The summed E-state index contributed by atoms with van der Waals surface area (Å²) in [5.41, 5.74) is 0.939. The average Bonchev–Trinajstić information content (AvgIpc) is 3.22. The Morgan fingerprint density at radius 1 is 0.862 bits per heavy atom. The van der Waals surface area contributed by atoms with E-state index in [9.17, 15) is 13.6 Å². The lowest BCUT2D eigenvalue weighted by molar-refractivity contribution is -0.126. The summed E-state index contributed by atoms with van der Waals surface area (Å²) < 4.78 is 33.4. The van der Waals surface area contributed by atoms with Gasteiger partial charge in [-0.2, -0.15) is 0 Å². The summed E-state index contributed by atoms with van der Waals surface area (Å²) in [6.07, 6.45) is 3.03. The van der Waals surface area contributed by atoms with Crippen LogP contribution in [0.15, 0.2) is 71.2 Å². The highest BCUT2D eigenvalue weighted by Gasteiger charge is 2.21. The molecule has 2 heterocycles. The molecule has 2 aromatic carbocycles. The summed E-state index contributed by atoms with van der Waals surface area (Å²) in [4.78, 5) is 16.1. The van der Waals surface area contributed by atoms with Crippen LogP contribution in [0.4, 0.5) is 14.5 Å². The van der Waals surface area contributed by atoms with Gasteiger partial charge in [-0.3, -0.25) is 4.79 Å². The molecule has 1 amide bonds. The first-order valence-electron chi connectivity index (χ1n) is 9.43. The van der Waals surface area contributed by atoms with Gasteiger partial charge in [0.05, 0.1) is 11.3 Å². The summed E-state index contributed by atoms with van der Waals surface area (Å²) in [7, 11) is 0. The highest BCUT2D eigenvalue weighted by Crippen LogP contribution is 2.25. The molecule has 1 aliphatic heterocycles. The van der Waals surface area contributed by atoms with Gasteiger partial charge in [-0.1, -0.05) is 24.3 Å². The highest BCUT2D eigenvalue weighted by atomic mass is 19.1. The van der Waals surface area contributed by atoms with Crippen molar-refractivity contribution in [1.82, 2.24) is 4.90 Å². The Kier molecular flexibility index (Phi) is 5.42. The molecule has 1 fully saturated rings. The van der Waals surface area contributed by atoms with Gasteiger partial charge in [-0.25, -0.2) is 8.78 Å². The van der Waals surface area contributed by atoms with Gasteiger partial charge in [0.15, 0.2) is 0 Å². The second-order valence-electron chi connectivity index (χ2n) is 6.78. The maximum absolute atomic E-state index is 13.9. The Labute approximate surface area is 167 Å². The van der Waals surface area contributed by atoms with E-state index in [2.05, 4.69) is 0 Å². The number of furan rings is 1. The molecule has 4 nitrogen and oxygen atoms in total. The van der Waals surface area contributed by atoms with Crippen LogP contribution >= 0.6 is 0 Å². The number of halogens is 2. The summed E-state index contributed by atoms with van der Waals surface area (Å²) in [6, 6.07) is 16.4. The molecule has 0 spiro atoms. The van der Waals surface area contributed by atoms with Crippen molar-refractivity contribution < 1.29 is 18.0 Å². The fourth-order valence-electron chi connectivity index (χ4n) is 3.38. The Bertz CT molecular complexity index is 1040. The van der Waals surface area contributed by atoms with Gasteiger partial charge in [-0.05, 0) is 42.5 Å². The molecule has 1 aromatic heterocycles. The summed E-state index contributed by atoms with van der Waals surface area (Å²) in [5.74, 6) is 0.133. The number of hydrogen-bond acceptors (Lipinski definition) is 3. The number of hydrogen-bond donors (Lipinski definition) is 0. The molecule has 1 aliphatic rings. The summed E-state index contributed by atoms with van der Waals surface area (Å²) in [5, 5.41) is 0. The number of carbonyl (C=O) groups excluding carboxylic acids is 1. The van der Waals surface area contributed by atoms with Gasteiger partial charge in [0.2, 0.25) is 5.91 Å². The third-order valence-corrected chi connectivity index (χ3v) is 4.94. The Hall–Kier alpha value is -3.41. The van der Waals surface area contributed by atoms with Gasteiger partial charge in [0.1, 0.15) is 23.2 Å². The zero-order chi connectivity index (χ0) is 20.2. The van der Waals surface area contributed by atoms with Gasteiger partial charge in [0.25, 0.3) is 0 Å². The minimum atomic E-state index is -0.360. The molecule has 0 radical (unpaired) electrons. The van der Waals surface area contributed by atoms with E-state index in [1.165, 1.54) is 18.2 Å². The van der Waals surface area contributed by atoms with Crippen LogP contribution in [0, 0.1) is 11.6 Å². The molecule has 0 saturated carbocycles. The monoisotopic (exact) mass is 394 g/mol. The van der Waals surface area contributed by atoms with Crippen molar-refractivity contribution >= 4 is 17.7 Å². The lowest BCUT2D eigenvalue weighted by Crippen LogP contribution is -2.48. The standard InChI is InChI=1S/C23H20F2N2O2/c24-19-6-2-1-5-18(19)22-11-9-17(29-22)10-12-23(28)27-15-13-26(14-16-27)21-8-4-3-7-20(21)25/h1-12H,13-16H2/b12-10+. The van der Waals surface area contributed by atoms with Crippen LogP contribution < -0.4 is 4.90 Å². The minimum absolute atomic E-state index is 0.137. The number of carbonyl (C=O) groups is 1. The topological polar surface area (TPSA) is 36.7 Å². The number of nitrogens with zero attached hydrogens (tertiary/aromatic N) is 2. The molecular weight excluding hydrogens is 374 g/mol. The smallest absolute Gasteiger partial charge is 0.246 e. The Morgan fingerprint density at radius 2 is 1.55 bits per heavy atom. The van der Waals surface area contributed by atoms with E-state index in [0.717, 1.165) is 0 Å². The van der Waals surface area contributed by atoms with E-state index in [1.54, 1.807) is 59.5 Å². The van der Waals surface area contributed by atoms with Gasteiger partial charge < -0.3 is 14.2 Å². The van der Waals surface area contributed by atoms with E-state index in [4.69, 9.17) is 4.42 Å². The quantitative estimate of drug-likeness (QED) is 0.608. The van der Waals surface area contributed by atoms with Gasteiger partial charge in [-0.15, -0.1) is 0 Å². The summed E-state index contributed by atoms with van der Waals surface area (Å²) >= 11 is 0. The molecule has 0 unspecified atom stereocenters. The first kappa shape index (κ1) is 18.9. The number of piperazine rings is 1. The fourth-order valence-corrected chi connectivity index (χ4v) is 3.38. The largest absolute Gasteiger partial charge is 0.457 e. The molecule has 0 N–H and O–H groups in total. The Balaban J connectivity index is 1.36. The van der Waals surface area contributed by atoms with Crippen molar-refractivity contribution in [3.8, 4) is 11.3 Å². The molecule has 1 saturated heterocycles. The van der Waals surface area contributed by atoms with E-state index >= 15 is 0 Å². The van der Waals surface area contributed by atoms with Crippen molar-refractivity contribution in [2.24, 2.45) is 0 Å². The zero-order valence-corrected chi connectivity index (χ0v) is 15.7. The number of amides is 1. The Morgan fingerprint density at radius 3 is 2.28 bits per heavy atom. The van der Waals surface area contributed by atoms with Crippen LogP contribution in [0.1, 0.15) is 5.76 Å². The van der Waals surface area contributed by atoms with E-state index in [-0.39, 0.29) is 17.5 Å². The third-order valence-electron chi connectivity index (χ3n) is 4.94. The molecule has 148 valence electrons. The molecule has 29 heavy (non-hydrogen) atoms. The van der Waals surface area contributed by atoms with E-state index in [1.807, 2.05) is 4.90 Å². The molecule has 0 bridgehead atoms. The van der Waals surface area contributed by atoms with Crippen LogP contribution in [0.2, 0.25) is 0 Å². The molecule has 0 aliphatic carbocycles. The highest BCUT2D eigenvalue weighted by molar-refractivity contribution is 5.91. The molecular formula is C23H20F2N2O2. The van der Waals surface area contributed by atoms with Crippen molar-refractivity contribution in [2.75, 3.05) is 31.1 Å². The normalized spacial score (nSPS) is 14.6. The van der Waals surface area contributed by atoms with Crippen LogP contribution in [-0.4, -0.2) is 37.0 Å². The molecule has 3 aromatic rings. The lowest BCUT2D eigenvalue weighted by atomic mass is 10.1. The number of rotatable bonds is 4. The predicted octanol–water partition coefficient (Wildman–Crippen LogP) is 4.59. The van der Waals surface area contributed by atoms with E-state index in [0.29, 0.717) is 49.0 Å². The number of anilines is 1. The number of benzene rings is 2. The first-order chi connectivity index (χ1) is 14.1. The van der Waals surface area contributed by atoms with Crippen LogP contribution in [-0.2, 0) is 4.79 Å². The maximum atomic E-state index is 13.9. The third kappa shape index (κ3) is 4.21. The van der Waals surface area contributed by atoms with Crippen LogP contribution in [0.3, 0.4) is 0 Å². The van der Waals surface area contributed by atoms with Crippen molar-refractivity contribution in [3.05, 3.63) is 84.1 Å². The lowest BCUT2D eigenvalue weighted by Gasteiger charge is -2.35. The number of para-hydroxylation sites is 1. The maximum Gasteiger partial charge on any atom is 0.246 e. The SMILES string of the molecule is O=C(/C=C/c1ccc(-c2ccccc2F)o1)N1CCN(c2ccccc2F)CC1. The van der Waals surface area contributed by atoms with Crippen molar-refractivity contribution in [3.63, 3.8) is 0 Å².